The van der Waals surface area contributed by atoms with Gasteiger partial charge in [0.25, 0.3) is 0 Å². The highest BCUT2D eigenvalue weighted by molar-refractivity contribution is 9.09. The van der Waals surface area contributed by atoms with Crippen LogP contribution >= 0.6 is 15.9 Å². The van der Waals surface area contributed by atoms with Crippen LogP contribution in [0.2, 0.25) is 0 Å². The van der Waals surface area contributed by atoms with Gasteiger partial charge in [-0.05, 0) is 0 Å². The first-order valence-electron chi connectivity index (χ1n) is 2.54. The van der Waals surface area contributed by atoms with Crippen LogP contribution in [-0.2, 0) is 0 Å². The van der Waals surface area contributed by atoms with Crippen molar-refractivity contribution in [3.8, 4) is 0 Å². The highest BCUT2D eigenvalue weighted by Gasteiger charge is 2.37. The van der Waals surface area contributed by atoms with E-state index in [2.05, 4.69) is 15.9 Å². The minimum atomic E-state index is -1.04. The lowest BCUT2D eigenvalue weighted by molar-refractivity contribution is -1.11. The molecule has 1 rings (SSSR count). The molecule has 0 aromatic heterocycles. The van der Waals surface area contributed by atoms with Gasteiger partial charge in [-0.3, -0.25) is 0 Å². The summed E-state index contributed by atoms with van der Waals surface area (Å²) in [5.41, 5.74) is 0. The Balaban J connectivity index is 2.37. The van der Waals surface area contributed by atoms with Crippen molar-refractivity contribution in [2.45, 2.75) is 12.5 Å². The van der Waals surface area contributed by atoms with Gasteiger partial charge >= 0.3 is 0 Å². The molecule has 48 valence electrons. The van der Waals surface area contributed by atoms with Gasteiger partial charge in [0.1, 0.15) is 12.6 Å². The second-order valence-corrected chi connectivity index (χ2v) is 2.72. The van der Waals surface area contributed by atoms with Gasteiger partial charge in [0.2, 0.25) is 0 Å². The van der Waals surface area contributed by atoms with Gasteiger partial charge in [0, 0.05) is 0 Å². The van der Waals surface area contributed by atoms with Gasteiger partial charge in [-0.1, -0.05) is 15.9 Å². The maximum atomic E-state index is 10.6. The highest BCUT2D eigenvalue weighted by atomic mass is 79.9. The van der Waals surface area contributed by atoms with E-state index in [1.807, 2.05) is 0 Å². The second-order valence-electron chi connectivity index (χ2n) is 2.08. The van der Waals surface area contributed by atoms with Crippen LogP contribution in [0.5, 0.6) is 0 Å². The van der Waals surface area contributed by atoms with Crippen molar-refractivity contribution in [2.24, 2.45) is 0 Å². The lowest BCUT2D eigenvalue weighted by atomic mass is 10.1. The molecule has 0 bridgehead atoms. The van der Waals surface area contributed by atoms with Crippen LogP contribution in [0, 0.1) is 5.21 Å². The number of hydrogen-bond donors (Lipinski definition) is 1. The summed E-state index contributed by atoms with van der Waals surface area (Å²) in [6, 6.07) is -0.116. The van der Waals surface area contributed by atoms with E-state index in [9.17, 15) is 5.21 Å². The van der Waals surface area contributed by atoms with Crippen molar-refractivity contribution in [3.63, 3.8) is 0 Å². The van der Waals surface area contributed by atoms with Crippen LogP contribution in [0.15, 0.2) is 0 Å². The summed E-state index contributed by atoms with van der Waals surface area (Å²) >= 11 is 3.13. The summed E-state index contributed by atoms with van der Waals surface area (Å²) in [5.74, 6) is 0. The summed E-state index contributed by atoms with van der Waals surface area (Å²) in [5, 5.41) is 19.9. The Bertz CT molecular complexity index is 94.0. The van der Waals surface area contributed by atoms with Crippen LogP contribution in [-0.4, -0.2) is 27.9 Å². The zero-order valence-electron chi connectivity index (χ0n) is 4.38. The molecular weight excluding hydrogens is 174 g/mol. The van der Waals surface area contributed by atoms with Crippen molar-refractivity contribution >= 4 is 15.9 Å². The smallest absolute Gasteiger partial charge is 0.134 e. The molecule has 4 heteroatoms. The fourth-order valence-corrected chi connectivity index (χ4v) is 1.49. The third-order valence-electron chi connectivity index (χ3n) is 1.53. The SMILES string of the molecule is [O-][N+]1(O)CCC1CBr. The van der Waals surface area contributed by atoms with Crippen molar-refractivity contribution in [1.82, 2.24) is 0 Å². The summed E-state index contributed by atoms with van der Waals surface area (Å²) in [7, 11) is 0. The quantitative estimate of drug-likeness (QED) is 0.371. The first kappa shape index (κ1) is 6.48. The number of alkyl halides is 1. The normalized spacial score (nSPS) is 46.1. The molecule has 2 atom stereocenters. The predicted octanol–water partition coefficient (Wildman–Crippen LogP) is 0.857. The number of hydroxylamine groups is 4. The maximum absolute atomic E-state index is 10.6. The molecule has 0 aromatic rings. The largest absolute Gasteiger partial charge is 0.598 e. The van der Waals surface area contributed by atoms with E-state index < -0.39 is 4.81 Å². The van der Waals surface area contributed by atoms with Crippen molar-refractivity contribution in [3.05, 3.63) is 5.21 Å². The molecule has 1 heterocycles. The van der Waals surface area contributed by atoms with Crippen molar-refractivity contribution < 1.29 is 10.0 Å². The van der Waals surface area contributed by atoms with E-state index >= 15 is 0 Å². The Morgan fingerprint density at radius 3 is 2.50 bits per heavy atom. The van der Waals surface area contributed by atoms with Crippen molar-refractivity contribution in [2.75, 3.05) is 11.9 Å². The van der Waals surface area contributed by atoms with Gasteiger partial charge in [0.05, 0.1) is 11.8 Å². The van der Waals surface area contributed by atoms with Crippen molar-refractivity contribution in [1.29, 1.82) is 0 Å². The van der Waals surface area contributed by atoms with Crippen LogP contribution in [0.3, 0.4) is 0 Å². The molecule has 2 unspecified atom stereocenters. The van der Waals surface area contributed by atoms with Gasteiger partial charge in [-0.25, -0.2) is 10.0 Å². The number of rotatable bonds is 1. The molecule has 1 N–H and O–H groups in total. The minimum absolute atomic E-state index is 0.116. The van der Waals surface area contributed by atoms with Gasteiger partial charge in [0.15, 0.2) is 0 Å². The average molecular weight is 182 g/mol. The second kappa shape index (κ2) is 1.95. The third kappa shape index (κ3) is 0.886. The van der Waals surface area contributed by atoms with Gasteiger partial charge in [-0.2, -0.15) is 0 Å². The van der Waals surface area contributed by atoms with E-state index in [1.165, 1.54) is 0 Å². The number of nitrogens with zero attached hydrogens (tertiary/aromatic N) is 1. The Hall–Kier alpha value is 0.360. The molecule has 0 aromatic carbocycles. The molecule has 1 aliphatic rings. The van der Waals surface area contributed by atoms with Crippen LogP contribution in [0.4, 0.5) is 0 Å². The predicted molar refractivity (Wildman–Crippen MR) is 32.5 cm³/mol. The molecule has 3 nitrogen and oxygen atoms in total. The monoisotopic (exact) mass is 181 g/mol. The Kier molecular flexibility index (Phi) is 1.58. The number of halogens is 1. The summed E-state index contributed by atoms with van der Waals surface area (Å²) < 4.78 is 0. The molecule has 1 saturated heterocycles. The van der Waals surface area contributed by atoms with E-state index in [-0.39, 0.29) is 6.04 Å². The van der Waals surface area contributed by atoms with E-state index in [0.717, 1.165) is 6.42 Å². The number of quaternary nitrogens is 1. The molecule has 0 aliphatic carbocycles. The average Bonchev–Trinajstić information content (AvgIpc) is 1.66. The first-order chi connectivity index (χ1) is 3.67. The first-order valence-corrected chi connectivity index (χ1v) is 3.66. The Morgan fingerprint density at radius 2 is 2.50 bits per heavy atom. The molecular formula is C4H8BrNO2. The molecule has 1 aliphatic heterocycles. The van der Waals surface area contributed by atoms with E-state index in [0.29, 0.717) is 11.9 Å². The van der Waals surface area contributed by atoms with Crippen LogP contribution < -0.4 is 0 Å². The zero-order valence-corrected chi connectivity index (χ0v) is 5.97. The molecule has 0 saturated carbocycles. The fourth-order valence-electron chi connectivity index (χ4n) is 0.718. The van der Waals surface area contributed by atoms with E-state index in [1.54, 1.807) is 0 Å². The third-order valence-corrected chi connectivity index (χ3v) is 2.28. The maximum Gasteiger partial charge on any atom is 0.134 e. The minimum Gasteiger partial charge on any atom is -0.598 e. The fraction of sp³-hybridized carbons (Fsp3) is 1.00. The lowest BCUT2D eigenvalue weighted by Crippen LogP contribution is -2.59. The molecule has 1 fully saturated rings. The van der Waals surface area contributed by atoms with Gasteiger partial charge in [-0.15, -0.1) is 0 Å². The Labute approximate surface area is 56.2 Å². The van der Waals surface area contributed by atoms with Crippen LogP contribution in [0.25, 0.3) is 0 Å². The summed E-state index contributed by atoms with van der Waals surface area (Å²) in [6.07, 6.45) is 0.839. The summed E-state index contributed by atoms with van der Waals surface area (Å²) in [6.45, 7) is 0.357. The van der Waals surface area contributed by atoms with Crippen LogP contribution in [0.1, 0.15) is 6.42 Å². The molecule has 0 spiro atoms. The number of hydrogen-bond acceptors (Lipinski definition) is 2. The molecule has 0 radical (unpaired) electrons. The molecule has 0 amide bonds. The highest BCUT2D eigenvalue weighted by Crippen LogP contribution is 2.24. The standard InChI is InChI=1S/C4H8BrNO2/c5-3-4-1-2-6(4,7)8/h4,7H,1-3H2. The zero-order chi connectivity index (χ0) is 6.20. The summed E-state index contributed by atoms with van der Waals surface area (Å²) in [4.78, 5) is -1.04. The lowest BCUT2D eigenvalue weighted by Gasteiger charge is -2.47. The Morgan fingerprint density at radius 1 is 1.88 bits per heavy atom. The van der Waals surface area contributed by atoms with E-state index in [4.69, 9.17) is 5.21 Å². The molecule has 8 heavy (non-hydrogen) atoms. The topological polar surface area (TPSA) is 43.3 Å². The van der Waals surface area contributed by atoms with Gasteiger partial charge < -0.3 is 5.21 Å².